The number of carbonyl (C=O) groups excluding carboxylic acids is 1. The minimum Gasteiger partial charge on any atom is -0.496 e. The van der Waals surface area contributed by atoms with Crippen molar-refractivity contribution in [1.29, 1.82) is 0 Å². The fourth-order valence-electron chi connectivity index (χ4n) is 2.57. The summed E-state index contributed by atoms with van der Waals surface area (Å²) in [5.74, 6) is -0.263. The maximum Gasteiger partial charge on any atom is 0.416 e. The van der Waals surface area contributed by atoms with Gasteiger partial charge < -0.3 is 14.9 Å². The predicted octanol–water partition coefficient (Wildman–Crippen LogP) is 4.06. The van der Waals surface area contributed by atoms with Crippen LogP contribution in [0.1, 0.15) is 33.5 Å². The summed E-state index contributed by atoms with van der Waals surface area (Å²) in [5, 5.41) is 18.2. The first-order valence-electron chi connectivity index (χ1n) is 8.56. The first kappa shape index (κ1) is 21.7. The van der Waals surface area contributed by atoms with Crippen LogP contribution >= 0.6 is 0 Å². The Morgan fingerprint density at radius 2 is 1.71 bits per heavy atom. The molecule has 2 aromatic carbocycles. The second kappa shape index (κ2) is 9.52. The topological polar surface area (TPSA) is 66.8 Å². The van der Waals surface area contributed by atoms with E-state index in [-0.39, 0.29) is 25.4 Å². The molecular weight excluding hydrogens is 373 g/mol. The van der Waals surface area contributed by atoms with Crippen LogP contribution < -0.4 is 4.74 Å². The summed E-state index contributed by atoms with van der Waals surface area (Å²) in [6, 6.07) is 9.52. The Morgan fingerprint density at radius 1 is 1.07 bits per heavy atom. The lowest BCUT2D eigenvalue weighted by molar-refractivity contribution is -0.137. The second-order valence-electron chi connectivity index (χ2n) is 6.27. The molecule has 2 rings (SSSR count). The van der Waals surface area contributed by atoms with Crippen molar-refractivity contribution in [1.82, 2.24) is 0 Å². The second-order valence-corrected chi connectivity index (χ2v) is 6.27. The Morgan fingerprint density at radius 3 is 2.25 bits per heavy atom. The van der Waals surface area contributed by atoms with Gasteiger partial charge in [-0.3, -0.25) is 4.79 Å². The molecule has 4 nitrogen and oxygen atoms in total. The Hall–Kier alpha value is -2.64. The van der Waals surface area contributed by atoms with E-state index in [0.29, 0.717) is 22.4 Å². The summed E-state index contributed by atoms with van der Waals surface area (Å²) >= 11 is 0. The molecule has 0 heterocycles. The fraction of sp³-hybridized carbons (Fsp3) is 0.286. The number of hydrogen-bond acceptors (Lipinski definition) is 4. The van der Waals surface area contributed by atoms with Crippen LogP contribution in [-0.4, -0.2) is 36.3 Å². The van der Waals surface area contributed by atoms with E-state index in [0.717, 1.165) is 12.1 Å². The third-order valence-electron chi connectivity index (χ3n) is 4.24. The van der Waals surface area contributed by atoms with Crippen molar-refractivity contribution < 1.29 is 32.9 Å². The molecular formula is C21H21F3O4. The SMILES string of the molecule is COc1ccc(C(=O)CC(CO)CO)cc1/C=C/c1ccc(C(F)(F)F)cc1. The lowest BCUT2D eigenvalue weighted by Crippen LogP contribution is -2.16. The van der Waals surface area contributed by atoms with E-state index < -0.39 is 17.7 Å². The van der Waals surface area contributed by atoms with Crippen molar-refractivity contribution in [2.45, 2.75) is 12.6 Å². The van der Waals surface area contributed by atoms with Gasteiger partial charge in [-0.1, -0.05) is 24.3 Å². The molecule has 0 atom stereocenters. The molecule has 7 heteroatoms. The van der Waals surface area contributed by atoms with Gasteiger partial charge in [0.1, 0.15) is 5.75 Å². The van der Waals surface area contributed by atoms with Crippen molar-refractivity contribution in [2.24, 2.45) is 5.92 Å². The molecule has 0 fully saturated rings. The molecule has 0 spiro atoms. The van der Waals surface area contributed by atoms with E-state index >= 15 is 0 Å². The Kier molecular flexibility index (Phi) is 7.37. The predicted molar refractivity (Wildman–Crippen MR) is 100.0 cm³/mol. The van der Waals surface area contributed by atoms with Gasteiger partial charge >= 0.3 is 6.18 Å². The largest absolute Gasteiger partial charge is 0.496 e. The number of carbonyl (C=O) groups is 1. The van der Waals surface area contributed by atoms with Crippen molar-refractivity contribution in [3.05, 3.63) is 64.7 Å². The number of aliphatic hydroxyl groups is 2. The monoisotopic (exact) mass is 394 g/mol. The molecule has 150 valence electrons. The highest BCUT2D eigenvalue weighted by Crippen LogP contribution is 2.29. The number of rotatable bonds is 8. The summed E-state index contributed by atoms with van der Waals surface area (Å²) < 4.78 is 43.2. The molecule has 0 bridgehead atoms. The number of methoxy groups -OCH3 is 1. The van der Waals surface area contributed by atoms with Crippen LogP contribution in [0.25, 0.3) is 12.2 Å². The van der Waals surface area contributed by atoms with Gasteiger partial charge in [0.05, 0.1) is 12.7 Å². The highest BCUT2D eigenvalue weighted by molar-refractivity contribution is 5.97. The Balaban J connectivity index is 2.24. The minimum atomic E-state index is -4.39. The molecule has 0 saturated carbocycles. The first-order valence-corrected chi connectivity index (χ1v) is 8.56. The summed E-state index contributed by atoms with van der Waals surface area (Å²) in [5.41, 5.74) is 0.808. The molecule has 0 aromatic heterocycles. The van der Waals surface area contributed by atoms with Crippen LogP contribution in [0.5, 0.6) is 5.75 Å². The normalized spacial score (nSPS) is 12.0. The van der Waals surface area contributed by atoms with E-state index in [1.54, 1.807) is 30.4 Å². The quantitative estimate of drug-likeness (QED) is 0.524. The van der Waals surface area contributed by atoms with Crippen LogP contribution in [0.4, 0.5) is 13.2 Å². The number of halogens is 3. The molecule has 0 unspecified atom stereocenters. The summed E-state index contributed by atoms with van der Waals surface area (Å²) in [4.78, 5) is 12.3. The average Bonchev–Trinajstić information content (AvgIpc) is 2.69. The number of ketones is 1. The van der Waals surface area contributed by atoms with Crippen molar-refractivity contribution in [2.75, 3.05) is 20.3 Å². The van der Waals surface area contributed by atoms with Gasteiger partial charge in [-0.15, -0.1) is 0 Å². The molecule has 28 heavy (non-hydrogen) atoms. The van der Waals surface area contributed by atoms with E-state index in [4.69, 9.17) is 14.9 Å². The van der Waals surface area contributed by atoms with Gasteiger partial charge in [0.2, 0.25) is 0 Å². The Bertz CT molecular complexity index is 823. The van der Waals surface area contributed by atoms with Crippen LogP contribution in [0.3, 0.4) is 0 Å². The molecule has 0 saturated heterocycles. The highest BCUT2D eigenvalue weighted by atomic mass is 19.4. The molecule has 0 aliphatic carbocycles. The number of alkyl halides is 3. The van der Waals surface area contributed by atoms with Crippen molar-refractivity contribution in [3.8, 4) is 5.75 Å². The lowest BCUT2D eigenvalue weighted by Gasteiger charge is -2.11. The van der Waals surface area contributed by atoms with Crippen molar-refractivity contribution >= 4 is 17.9 Å². The van der Waals surface area contributed by atoms with Crippen LogP contribution in [0.2, 0.25) is 0 Å². The van der Waals surface area contributed by atoms with E-state index in [2.05, 4.69) is 0 Å². The third kappa shape index (κ3) is 5.68. The smallest absolute Gasteiger partial charge is 0.416 e. The third-order valence-corrected chi connectivity index (χ3v) is 4.24. The number of benzene rings is 2. The first-order chi connectivity index (χ1) is 13.3. The van der Waals surface area contributed by atoms with Gasteiger partial charge in [0.25, 0.3) is 0 Å². The van der Waals surface area contributed by atoms with Crippen LogP contribution in [-0.2, 0) is 6.18 Å². The van der Waals surface area contributed by atoms with Gasteiger partial charge in [0, 0.05) is 36.7 Å². The molecule has 0 radical (unpaired) electrons. The number of aliphatic hydroxyl groups excluding tert-OH is 2. The summed E-state index contributed by atoms with van der Waals surface area (Å²) in [7, 11) is 1.47. The molecule has 2 aromatic rings. The number of hydrogen-bond donors (Lipinski definition) is 2. The molecule has 0 amide bonds. The number of ether oxygens (including phenoxy) is 1. The average molecular weight is 394 g/mol. The maximum absolute atomic E-state index is 12.6. The van der Waals surface area contributed by atoms with Gasteiger partial charge in [-0.25, -0.2) is 0 Å². The Labute approximate surface area is 160 Å². The summed E-state index contributed by atoms with van der Waals surface area (Å²) in [6.07, 6.45) is -1.12. The minimum absolute atomic E-state index is 0.00138. The zero-order valence-corrected chi connectivity index (χ0v) is 15.2. The number of Topliss-reactive ketones (excluding diaryl/α,β-unsaturated/α-hetero) is 1. The standard InChI is InChI=1S/C21H21F3O4/c1-28-20-9-6-16(19(27)10-15(12-25)13-26)11-17(20)5-2-14-3-7-18(8-4-14)21(22,23)24/h2-9,11,15,25-26H,10,12-13H2,1H3/b5-2+. The zero-order chi connectivity index (χ0) is 20.7. The molecule has 0 aliphatic heterocycles. The summed E-state index contributed by atoms with van der Waals surface area (Å²) in [6.45, 7) is -0.585. The van der Waals surface area contributed by atoms with Gasteiger partial charge in [-0.05, 0) is 35.9 Å². The van der Waals surface area contributed by atoms with E-state index in [1.165, 1.54) is 19.2 Å². The van der Waals surface area contributed by atoms with Gasteiger partial charge in [-0.2, -0.15) is 13.2 Å². The van der Waals surface area contributed by atoms with Gasteiger partial charge in [0.15, 0.2) is 5.78 Å². The van der Waals surface area contributed by atoms with E-state index in [1.807, 2.05) is 0 Å². The van der Waals surface area contributed by atoms with Crippen LogP contribution in [0, 0.1) is 5.92 Å². The van der Waals surface area contributed by atoms with Crippen LogP contribution in [0.15, 0.2) is 42.5 Å². The highest BCUT2D eigenvalue weighted by Gasteiger charge is 2.29. The molecule has 2 N–H and O–H groups in total. The zero-order valence-electron chi connectivity index (χ0n) is 15.2. The molecule has 0 aliphatic rings. The van der Waals surface area contributed by atoms with Crippen molar-refractivity contribution in [3.63, 3.8) is 0 Å². The maximum atomic E-state index is 12.6. The fourth-order valence-corrected chi connectivity index (χ4v) is 2.57. The van der Waals surface area contributed by atoms with E-state index in [9.17, 15) is 18.0 Å². The lowest BCUT2D eigenvalue weighted by atomic mass is 9.97.